The van der Waals surface area contributed by atoms with Crippen LogP contribution in [0.25, 0.3) is 0 Å². The van der Waals surface area contributed by atoms with Crippen LogP contribution in [0.15, 0.2) is 24.3 Å². The molecule has 0 heterocycles. The van der Waals surface area contributed by atoms with Gasteiger partial charge in [-0.1, -0.05) is 38.1 Å². The summed E-state index contributed by atoms with van der Waals surface area (Å²) < 4.78 is 0. The van der Waals surface area contributed by atoms with Gasteiger partial charge in [-0.3, -0.25) is 5.32 Å². The first kappa shape index (κ1) is 14.7. The van der Waals surface area contributed by atoms with E-state index in [1.54, 1.807) is 0 Å². The Morgan fingerprint density at radius 1 is 1.22 bits per heavy atom. The molecule has 1 unspecified atom stereocenters. The molecule has 1 aromatic carbocycles. The van der Waals surface area contributed by atoms with Crippen LogP contribution in [0.3, 0.4) is 0 Å². The van der Waals surface area contributed by atoms with E-state index in [0.29, 0.717) is 5.92 Å². The van der Waals surface area contributed by atoms with Crippen LogP contribution in [-0.4, -0.2) is 17.3 Å². The number of hydrogen-bond acceptors (Lipinski definition) is 3. The summed E-state index contributed by atoms with van der Waals surface area (Å²) in [5.74, 6) is 0.487. The molecule has 0 amide bonds. The van der Waals surface area contributed by atoms with E-state index in [2.05, 4.69) is 37.4 Å². The zero-order chi connectivity index (χ0) is 13.8. The summed E-state index contributed by atoms with van der Waals surface area (Å²) in [5.41, 5.74) is 1.73. The molecule has 2 N–H and O–H groups in total. The van der Waals surface area contributed by atoms with Gasteiger partial charge in [0.1, 0.15) is 6.04 Å². The van der Waals surface area contributed by atoms with Crippen molar-refractivity contribution < 1.29 is 5.11 Å². The molecule has 1 rings (SSSR count). The molecule has 18 heavy (non-hydrogen) atoms. The SMILES string of the molecule is CC(C)c1ccc(C(C#N)NC(C)(C)CO)cc1. The molecule has 1 aromatic rings. The van der Waals surface area contributed by atoms with Crippen molar-refractivity contribution in [3.63, 3.8) is 0 Å². The molecular weight excluding hydrogens is 224 g/mol. The molecule has 0 aliphatic rings. The Morgan fingerprint density at radius 3 is 2.11 bits per heavy atom. The van der Waals surface area contributed by atoms with Gasteiger partial charge in [0.25, 0.3) is 0 Å². The van der Waals surface area contributed by atoms with Crippen LogP contribution in [-0.2, 0) is 0 Å². The molecule has 98 valence electrons. The summed E-state index contributed by atoms with van der Waals surface area (Å²) in [6, 6.07) is 9.90. The van der Waals surface area contributed by atoms with Crippen LogP contribution in [0.5, 0.6) is 0 Å². The van der Waals surface area contributed by atoms with Gasteiger partial charge in [0.05, 0.1) is 12.7 Å². The Labute approximate surface area is 109 Å². The summed E-state index contributed by atoms with van der Waals surface area (Å²) >= 11 is 0. The van der Waals surface area contributed by atoms with E-state index < -0.39 is 11.6 Å². The van der Waals surface area contributed by atoms with E-state index in [-0.39, 0.29) is 6.61 Å². The smallest absolute Gasteiger partial charge is 0.121 e. The predicted octanol–water partition coefficient (Wildman–Crippen LogP) is 2.74. The molecule has 0 fully saturated rings. The molecule has 0 aromatic heterocycles. The third-order valence-electron chi connectivity index (χ3n) is 3.00. The zero-order valence-corrected chi connectivity index (χ0v) is 11.6. The molecular formula is C15H22N2O. The van der Waals surface area contributed by atoms with Crippen LogP contribution in [0.1, 0.15) is 50.8 Å². The van der Waals surface area contributed by atoms with Crippen LogP contribution >= 0.6 is 0 Å². The molecule has 0 bridgehead atoms. The summed E-state index contributed by atoms with van der Waals surface area (Å²) in [7, 11) is 0. The lowest BCUT2D eigenvalue weighted by molar-refractivity contribution is 0.182. The second-order valence-corrected chi connectivity index (χ2v) is 5.57. The van der Waals surface area contributed by atoms with Crippen LogP contribution in [0.2, 0.25) is 0 Å². The monoisotopic (exact) mass is 246 g/mol. The second kappa shape index (κ2) is 5.99. The first-order valence-electron chi connectivity index (χ1n) is 6.27. The van der Waals surface area contributed by atoms with Crippen molar-refractivity contribution in [3.05, 3.63) is 35.4 Å². The molecule has 0 saturated carbocycles. The van der Waals surface area contributed by atoms with Crippen molar-refractivity contribution in [1.82, 2.24) is 5.32 Å². The van der Waals surface area contributed by atoms with Gasteiger partial charge in [0, 0.05) is 5.54 Å². The first-order chi connectivity index (χ1) is 8.39. The summed E-state index contributed by atoms with van der Waals surface area (Å²) in [5, 5.41) is 21.6. The molecule has 0 radical (unpaired) electrons. The molecule has 0 aliphatic carbocycles. The van der Waals surface area contributed by atoms with Gasteiger partial charge < -0.3 is 5.11 Å². The molecule has 3 nitrogen and oxygen atoms in total. The van der Waals surface area contributed by atoms with Gasteiger partial charge in [0.15, 0.2) is 0 Å². The molecule has 3 heteroatoms. The predicted molar refractivity (Wildman–Crippen MR) is 73.2 cm³/mol. The standard InChI is InChI=1S/C15H22N2O/c1-11(2)12-5-7-13(8-6-12)14(9-16)17-15(3,4)10-18/h5-8,11,14,17-18H,10H2,1-4H3. The minimum absolute atomic E-state index is 0.00470. The molecule has 1 atom stereocenters. The fraction of sp³-hybridized carbons (Fsp3) is 0.533. The Balaban J connectivity index is 2.87. The van der Waals surface area contributed by atoms with Crippen LogP contribution in [0, 0.1) is 11.3 Å². The maximum atomic E-state index is 9.23. The summed E-state index contributed by atoms with van der Waals surface area (Å²) in [6.45, 7) is 8.03. The topological polar surface area (TPSA) is 56.0 Å². The highest BCUT2D eigenvalue weighted by atomic mass is 16.3. The highest BCUT2D eigenvalue weighted by Gasteiger charge is 2.22. The molecule has 0 aliphatic heterocycles. The number of nitriles is 1. The molecule has 0 saturated heterocycles. The minimum Gasteiger partial charge on any atom is -0.394 e. The highest BCUT2D eigenvalue weighted by Crippen LogP contribution is 2.20. The van der Waals surface area contributed by atoms with Crippen molar-refractivity contribution in [1.29, 1.82) is 5.26 Å². The van der Waals surface area contributed by atoms with Gasteiger partial charge in [-0.15, -0.1) is 0 Å². The Hall–Kier alpha value is -1.37. The van der Waals surface area contributed by atoms with E-state index in [0.717, 1.165) is 5.56 Å². The van der Waals surface area contributed by atoms with E-state index in [4.69, 9.17) is 0 Å². The van der Waals surface area contributed by atoms with E-state index in [9.17, 15) is 10.4 Å². The Bertz CT molecular complexity index is 415. The number of nitrogens with one attached hydrogen (secondary N) is 1. The fourth-order valence-corrected chi connectivity index (χ4v) is 1.70. The maximum absolute atomic E-state index is 9.23. The van der Waals surface area contributed by atoms with Crippen molar-refractivity contribution in [2.45, 2.75) is 45.2 Å². The average molecular weight is 246 g/mol. The zero-order valence-electron chi connectivity index (χ0n) is 11.6. The summed E-state index contributed by atoms with van der Waals surface area (Å²) in [4.78, 5) is 0. The second-order valence-electron chi connectivity index (χ2n) is 5.57. The van der Waals surface area contributed by atoms with Gasteiger partial charge in [-0.2, -0.15) is 5.26 Å². The molecule has 0 spiro atoms. The highest BCUT2D eigenvalue weighted by molar-refractivity contribution is 5.30. The number of hydrogen-bond donors (Lipinski definition) is 2. The van der Waals surface area contributed by atoms with Crippen molar-refractivity contribution in [3.8, 4) is 6.07 Å². The number of benzene rings is 1. The van der Waals surface area contributed by atoms with E-state index in [1.165, 1.54) is 5.56 Å². The average Bonchev–Trinajstić information content (AvgIpc) is 2.36. The third kappa shape index (κ3) is 3.83. The minimum atomic E-state index is -0.461. The lowest BCUT2D eigenvalue weighted by Crippen LogP contribution is -2.44. The van der Waals surface area contributed by atoms with E-state index in [1.807, 2.05) is 26.0 Å². The summed E-state index contributed by atoms with van der Waals surface area (Å²) in [6.07, 6.45) is 0. The van der Waals surface area contributed by atoms with E-state index >= 15 is 0 Å². The lowest BCUT2D eigenvalue weighted by Gasteiger charge is -2.27. The quantitative estimate of drug-likeness (QED) is 0.840. The van der Waals surface area contributed by atoms with Gasteiger partial charge in [0.2, 0.25) is 0 Å². The maximum Gasteiger partial charge on any atom is 0.121 e. The number of nitrogens with zero attached hydrogens (tertiary/aromatic N) is 1. The Morgan fingerprint density at radius 2 is 1.72 bits per heavy atom. The van der Waals surface area contributed by atoms with Crippen LogP contribution < -0.4 is 5.32 Å². The largest absolute Gasteiger partial charge is 0.394 e. The fourth-order valence-electron chi connectivity index (χ4n) is 1.70. The van der Waals surface area contributed by atoms with Crippen molar-refractivity contribution in [2.24, 2.45) is 0 Å². The number of aliphatic hydroxyl groups is 1. The first-order valence-corrected chi connectivity index (χ1v) is 6.27. The number of rotatable bonds is 5. The van der Waals surface area contributed by atoms with Crippen molar-refractivity contribution in [2.75, 3.05) is 6.61 Å². The van der Waals surface area contributed by atoms with Gasteiger partial charge in [-0.25, -0.2) is 0 Å². The lowest BCUT2D eigenvalue weighted by atomic mass is 9.97. The van der Waals surface area contributed by atoms with Gasteiger partial charge >= 0.3 is 0 Å². The Kier molecular flexibility index (Phi) is 4.89. The van der Waals surface area contributed by atoms with Crippen molar-refractivity contribution >= 4 is 0 Å². The number of aliphatic hydroxyl groups excluding tert-OH is 1. The van der Waals surface area contributed by atoms with Gasteiger partial charge in [-0.05, 0) is 30.9 Å². The third-order valence-corrected chi connectivity index (χ3v) is 3.00. The normalized spacial score (nSPS) is 13.4. The van der Waals surface area contributed by atoms with Crippen LogP contribution in [0.4, 0.5) is 0 Å².